The number of hydrogen-bond acceptors (Lipinski definition) is 5. The minimum Gasteiger partial charge on any atom is -0.444 e. The highest BCUT2D eigenvalue weighted by Crippen LogP contribution is 2.31. The molecule has 27 heavy (non-hydrogen) atoms. The molecule has 1 amide bonds. The van der Waals surface area contributed by atoms with Gasteiger partial charge in [-0.25, -0.2) is 10.6 Å². The Bertz CT molecular complexity index is 678. The highest BCUT2D eigenvalue weighted by molar-refractivity contribution is 6.32. The van der Waals surface area contributed by atoms with Crippen LogP contribution in [-0.2, 0) is 11.3 Å². The van der Waals surface area contributed by atoms with Gasteiger partial charge >= 0.3 is 12.5 Å². The second-order valence-electron chi connectivity index (χ2n) is 6.59. The first kappa shape index (κ1) is 22.8. The molecule has 0 fully saturated rings. The van der Waals surface area contributed by atoms with Gasteiger partial charge in [-0.15, -0.1) is 13.2 Å². The molecule has 0 aliphatic heterocycles. The second-order valence-corrected chi connectivity index (χ2v) is 6.99. The molecular weight excluding hydrogens is 389 g/mol. The first-order chi connectivity index (χ1) is 12.3. The number of ether oxygens (including phenoxy) is 2. The van der Waals surface area contributed by atoms with E-state index in [1.807, 2.05) is 0 Å². The Morgan fingerprint density at radius 3 is 2.44 bits per heavy atom. The van der Waals surface area contributed by atoms with E-state index in [4.69, 9.17) is 27.6 Å². The Balaban J connectivity index is 2.94. The van der Waals surface area contributed by atoms with Crippen molar-refractivity contribution < 1.29 is 27.4 Å². The maximum atomic E-state index is 12.4. The van der Waals surface area contributed by atoms with Gasteiger partial charge < -0.3 is 19.8 Å². The van der Waals surface area contributed by atoms with Crippen molar-refractivity contribution in [2.24, 2.45) is 5.84 Å². The number of hydrogen-bond donors (Lipinski definition) is 3. The molecule has 0 bridgehead atoms. The van der Waals surface area contributed by atoms with E-state index in [-0.39, 0.29) is 30.4 Å². The fourth-order valence-electron chi connectivity index (χ4n) is 1.95. The number of carbonyl (C=O) groups excluding carboxylic acids is 1. The van der Waals surface area contributed by atoms with Crippen molar-refractivity contribution in [2.45, 2.75) is 45.7 Å². The number of nitrogens with one attached hydrogen (secondary N) is 2. The number of nitrogens with zero attached hydrogens (tertiary/aromatic N) is 1. The van der Waals surface area contributed by atoms with Crippen LogP contribution in [0.2, 0.25) is 5.02 Å². The molecule has 0 aromatic heterocycles. The number of amides is 1. The summed E-state index contributed by atoms with van der Waals surface area (Å²) in [6.07, 6.45) is -5.36. The molecule has 4 N–H and O–H groups in total. The van der Waals surface area contributed by atoms with E-state index in [0.29, 0.717) is 5.56 Å². The first-order valence-electron chi connectivity index (χ1n) is 7.87. The van der Waals surface area contributed by atoms with Crippen LogP contribution in [-0.4, -0.2) is 35.3 Å². The molecule has 1 rings (SSSR count). The number of amidine groups is 1. The molecule has 0 saturated heterocycles. The van der Waals surface area contributed by atoms with Crippen LogP contribution in [0, 0.1) is 5.41 Å². The van der Waals surface area contributed by atoms with Crippen molar-refractivity contribution in [3.8, 4) is 5.75 Å². The molecule has 0 aliphatic rings. The van der Waals surface area contributed by atoms with E-state index >= 15 is 0 Å². The van der Waals surface area contributed by atoms with Crippen LogP contribution in [0.25, 0.3) is 0 Å². The molecular formula is C16H22ClF3N4O3. The lowest BCUT2D eigenvalue weighted by Crippen LogP contribution is -2.39. The zero-order valence-electron chi connectivity index (χ0n) is 15.1. The van der Waals surface area contributed by atoms with Crippen LogP contribution >= 0.6 is 11.6 Å². The lowest BCUT2D eigenvalue weighted by molar-refractivity contribution is -0.274. The lowest BCUT2D eigenvalue weighted by Gasteiger charge is -2.27. The minimum atomic E-state index is -4.86. The summed E-state index contributed by atoms with van der Waals surface area (Å²) in [4.78, 5) is 13.7. The first-order valence-corrected chi connectivity index (χ1v) is 8.24. The van der Waals surface area contributed by atoms with Crippen LogP contribution in [0.3, 0.4) is 0 Å². The van der Waals surface area contributed by atoms with Gasteiger partial charge in [0.15, 0.2) is 0 Å². The Morgan fingerprint density at radius 2 is 1.96 bits per heavy atom. The Hall–Kier alpha value is -2.20. The molecule has 0 saturated carbocycles. The fraction of sp³-hybridized carbons (Fsp3) is 0.500. The zero-order valence-corrected chi connectivity index (χ0v) is 15.9. The van der Waals surface area contributed by atoms with Gasteiger partial charge in [0, 0.05) is 19.5 Å². The molecule has 0 heterocycles. The highest BCUT2D eigenvalue weighted by atomic mass is 35.5. The van der Waals surface area contributed by atoms with Gasteiger partial charge in [-0.3, -0.25) is 5.41 Å². The van der Waals surface area contributed by atoms with Gasteiger partial charge in [0.1, 0.15) is 17.2 Å². The zero-order chi connectivity index (χ0) is 20.8. The monoisotopic (exact) mass is 410 g/mol. The summed E-state index contributed by atoms with van der Waals surface area (Å²) in [5.41, 5.74) is 1.90. The Kier molecular flexibility index (Phi) is 7.73. The second kappa shape index (κ2) is 9.14. The molecule has 0 atom stereocenters. The normalized spacial score (nSPS) is 11.7. The third-order valence-corrected chi connectivity index (χ3v) is 3.35. The average Bonchev–Trinajstić information content (AvgIpc) is 2.50. The Morgan fingerprint density at radius 1 is 1.33 bits per heavy atom. The average molecular weight is 411 g/mol. The fourth-order valence-corrected chi connectivity index (χ4v) is 2.19. The molecule has 0 unspecified atom stereocenters. The van der Waals surface area contributed by atoms with Gasteiger partial charge in [0.25, 0.3) is 0 Å². The van der Waals surface area contributed by atoms with Crippen LogP contribution in [0.4, 0.5) is 18.0 Å². The number of benzene rings is 1. The lowest BCUT2D eigenvalue weighted by atomic mass is 10.2. The highest BCUT2D eigenvalue weighted by Gasteiger charge is 2.32. The van der Waals surface area contributed by atoms with Crippen molar-refractivity contribution in [1.82, 2.24) is 10.3 Å². The smallest absolute Gasteiger partial charge is 0.444 e. The van der Waals surface area contributed by atoms with E-state index in [0.717, 1.165) is 6.07 Å². The van der Waals surface area contributed by atoms with Crippen LogP contribution in [0.15, 0.2) is 18.2 Å². The summed E-state index contributed by atoms with van der Waals surface area (Å²) in [5, 5.41) is 7.27. The van der Waals surface area contributed by atoms with Gasteiger partial charge in [0.2, 0.25) is 0 Å². The summed E-state index contributed by atoms with van der Waals surface area (Å²) in [6.45, 7) is 5.22. The summed E-state index contributed by atoms with van der Waals surface area (Å²) in [6, 6.07) is 3.70. The van der Waals surface area contributed by atoms with E-state index in [1.54, 1.807) is 20.8 Å². The van der Waals surface area contributed by atoms with Gasteiger partial charge in [-0.1, -0.05) is 17.7 Å². The summed E-state index contributed by atoms with van der Waals surface area (Å²) >= 11 is 5.83. The van der Waals surface area contributed by atoms with Crippen molar-refractivity contribution in [2.75, 3.05) is 6.54 Å². The Labute approximate surface area is 160 Å². The molecule has 0 aliphatic carbocycles. The summed E-state index contributed by atoms with van der Waals surface area (Å²) < 4.78 is 46.1. The van der Waals surface area contributed by atoms with Crippen molar-refractivity contribution in [3.63, 3.8) is 0 Å². The molecule has 0 radical (unpaired) electrons. The third kappa shape index (κ3) is 8.83. The van der Waals surface area contributed by atoms with Gasteiger partial charge in [0.05, 0.1) is 5.02 Å². The van der Waals surface area contributed by atoms with Crippen molar-refractivity contribution >= 4 is 23.5 Å². The molecule has 1 aromatic carbocycles. The molecule has 11 heteroatoms. The third-order valence-electron chi connectivity index (χ3n) is 3.05. The predicted molar refractivity (Wildman–Crippen MR) is 94.4 cm³/mol. The SMILES string of the molecule is CC(C)(C)OC(=O)N(CCC(=N)NN)Cc1ccc(OC(F)(F)F)c(Cl)c1. The van der Waals surface area contributed by atoms with Crippen molar-refractivity contribution in [3.05, 3.63) is 28.8 Å². The summed E-state index contributed by atoms with van der Waals surface area (Å²) in [5.74, 6) is 4.62. The molecule has 0 spiro atoms. The van der Waals surface area contributed by atoms with Crippen LogP contribution in [0.1, 0.15) is 32.8 Å². The van der Waals surface area contributed by atoms with Gasteiger partial charge in [-0.2, -0.15) is 0 Å². The van der Waals surface area contributed by atoms with E-state index in [1.165, 1.54) is 17.0 Å². The number of hydrazine groups is 1. The predicted octanol–water partition coefficient (Wildman–Crippen LogP) is 3.81. The standard InChI is InChI=1S/C16H22ClF3N4O3/c1-15(2,3)27-14(25)24(7-6-13(21)23-22)9-10-4-5-12(11(17)8-10)26-16(18,19)20/h4-5,8H,6-7,9,22H2,1-3H3,(H2,21,23). The number of halogens is 4. The van der Waals surface area contributed by atoms with Gasteiger partial charge in [-0.05, 0) is 38.5 Å². The number of rotatable bonds is 6. The number of nitrogens with two attached hydrogens (primary N) is 1. The quantitative estimate of drug-likeness (QED) is 0.286. The van der Waals surface area contributed by atoms with Crippen molar-refractivity contribution in [1.29, 1.82) is 5.41 Å². The maximum Gasteiger partial charge on any atom is 0.573 e. The molecule has 1 aromatic rings. The molecule has 7 nitrogen and oxygen atoms in total. The largest absolute Gasteiger partial charge is 0.573 e. The van der Waals surface area contributed by atoms with E-state index in [9.17, 15) is 18.0 Å². The maximum absolute atomic E-state index is 12.4. The molecule has 152 valence electrons. The number of carbonyl (C=O) groups is 1. The van der Waals surface area contributed by atoms with Crippen LogP contribution < -0.4 is 16.0 Å². The minimum absolute atomic E-state index is 0.00974. The number of alkyl halides is 3. The summed E-state index contributed by atoms with van der Waals surface area (Å²) in [7, 11) is 0. The topological polar surface area (TPSA) is 101 Å². The van der Waals surface area contributed by atoms with Crippen LogP contribution in [0.5, 0.6) is 5.75 Å². The van der Waals surface area contributed by atoms with E-state index in [2.05, 4.69) is 10.2 Å². The van der Waals surface area contributed by atoms with E-state index < -0.39 is 23.8 Å².